The summed E-state index contributed by atoms with van der Waals surface area (Å²) < 4.78 is 40.8. The number of benzene rings is 1. The van der Waals surface area contributed by atoms with Crippen molar-refractivity contribution in [1.29, 1.82) is 0 Å². The number of piperidine rings is 1. The number of hydrogen-bond acceptors (Lipinski definition) is 3. The summed E-state index contributed by atoms with van der Waals surface area (Å²) in [5.41, 5.74) is 0.129. The van der Waals surface area contributed by atoms with E-state index >= 15 is 0 Å². The maximum Gasteiger partial charge on any atom is 0.243 e. The summed E-state index contributed by atoms with van der Waals surface area (Å²) in [4.78, 5) is 0.0164. The highest BCUT2D eigenvalue weighted by Crippen LogP contribution is 2.46. The summed E-state index contributed by atoms with van der Waals surface area (Å²) in [6.07, 6.45) is 3.01. The third-order valence-corrected chi connectivity index (χ3v) is 6.68. The molecule has 2 aliphatic rings. The van der Waals surface area contributed by atoms with Crippen LogP contribution in [0.2, 0.25) is 0 Å². The van der Waals surface area contributed by atoms with Crippen LogP contribution in [0.4, 0.5) is 4.39 Å². The van der Waals surface area contributed by atoms with Crippen molar-refractivity contribution in [2.24, 2.45) is 0 Å². The molecule has 4 nitrogen and oxygen atoms in total. The van der Waals surface area contributed by atoms with Crippen LogP contribution in [-0.2, 0) is 10.0 Å². The van der Waals surface area contributed by atoms with Crippen LogP contribution in [0, 0.1) is 12.7 Å². The van der Waals surface area contributed by atoms with E-state index in [-0.39, 0.29) is 4.90 Å². The molecular formula is C15H20FNO3S. The molecule has 0 radical (unpaired) electrons. The second-order valence-corrected chi connectivity index (χ2v) is 8.13. The van der Waals surface area contributed by atoms with Gasteiger partial charge in [-0.3, -0.25) is 0 Å². The van der Waals surface area contributed by atoms with Gasteiger partial charge < -0.3 is 5.11 Å². The highest BCUT2D eigenvalue weighted by molar-refractivity contribution is 7.89. The number of aliphatic hydroxyl groups excluding tert-OH is 1. The lowest BCUT2D eigenvalue weighted by atomic mass is 9.71. The fraction of sp³-hybridized carbons (Fsp3) is 0.600. The molecule has 1 aromatic rings. The predicted molar refractivity (Wildman–Crippen MR) is 76.9 cm³/mol. The third kappa shape index (κ3) is 2.49. The molecule has 1 aliphatic carbocycles. The normalized spacial score (nSPS) is 25.8. The Balaban J connectivity index is 2.01. The fourth-order valence-corrected chi connectivity index (χ4v) is 5.50. The van der Waals surface area contributed by atoms with E-state index in [9.17, 15) is 17.9 Å². The number of aliphatic hydroxyl groups is 1. The maximum absolute atomic E-state index is 13.6. The first-order valence-corrected chi connectivity index (χ1v) is 8.76. The van der Waals surface area contributed by atoms with E-state index in [1.165, 1.54) is 16.4 Å². The molecule has 1 heterocycles. The van der Waals surface area contributed by atoms with Crippen LogP contribution in [-0.4, -0.2) is 36.0 Å². The number of rotatable bonds is 2. The smallest absolute Gasteiger partial charge is 0.243 e. The number of sulfonamides is 1. The lowest BCUT2D eigenvalue weighted by molar-refractivity contribution is -0.0185. The molecule has 1 aliphatic heterocycles. The lowest BCUT2D eigenvalue weighted by Crippen LogP contribution is -2.60. The summed E-state index contributed by atoms with van der Waals surface area (Å²) in [6, 6.07) is 3.91. The van der Waals surface area contributed by atoms with Gasteiger partial charge in [-0.25, -0.2) is 12.8 Å². The van der Waals surface area contributed by atoms with Gasteiger partial charge in [-0.05, 0) is 62.8 Å². The molecule has 21 heavy (non-hydrogen) atoms. The first-order chi connectivity index (χ1) is 9.83. The minimum absolute atomic E-state index is 0.0164. The standard InChI is InChI=1S/C15H20FNO3S/c1-11-7-12(16)9-14(8-11)21(19,20)17-6-3-13(18)10-15(17)4-2-5-15/h7-9,13,18H,2-6,10H2,1H3. The molecule has 3 rings (SSSR count). The minimum Gasteiger partial charge on any atom is -0.393 e. The molecule has 1 spiro atoms. The molecule has 0 aromatic heterocycles. The Labute approximate surface area is 124 Å². The summed E-state index contributed by atoms with van der Waals surface area (Å²) >= 11 is 0. The quantitative estimate of drug-likeness (QED) is 0.910. The highest BCUT2D eigenvalue weighted by Gasteiger charge is 2.51. The van der Waals surface area contributed by atoms with Gasteiger partial charge in [-0.1, -0.05) is 0 Å². The molecular weight excluding hydrogens is 293 g/mol. The average Bonchev–Trinajstić information content (AvgIpc) is 2.35. The van der Waals surface area contributed by atoms with E-state index in [0.717, 1.165) is 25.3 Å². The van der Waals surface area contributed by atoms with Crippen molar-refractivity contribution in [2.75, 3.05) is 6.54 Å². The van der Waals surface area contributed by atoms with Crippen LogP contribution in [0.25, 0.3) is 0 Å². The van der Waals surface area contributed by atoms with Gasteiger partial charge in [0.05, 0.1) is 11.0 Å². The maximum atomic E-state index is 13.6. The van der Waals surface area contributed by atoms with Crippen LogP contribution >= 0.6 is 0 Å². The van der Waals surface area contributed by atoms with Crippen LogP contribution in [0.5, 0.6) is 0 Å². The topological polar surface area (TPSA) is 57.6 Å². The largest absolute Gasteiger partial charge is 0.393 e. The molecule has 1 saturated heterocycles. The first-order valence-electron chi connectivity index (χ1n) is 7.32. The Hall–Kier alpha value is -0.980. The Bertz CT molecular complexity index is 635. The highest BCUT2D eigenvalue weighted by atomic mass is 32.2. The van der Waals surface area contributed by atoms with Crippen molar-refractivity contribution in [3.63, 3.8) is 0 Å². The van der Waals surface area contributed by atoms with Gasteiger partial charge in [0, 0.05) is 12.1 Å². The number of halogens is 1. The fourth-order valence-electron chi connectivity index (χ4n) is 3.54. The molecule has 1 unspecified atom stereocenters. The molecule has 0 bridgehead atoms. The van der Waals surface area contributed by atoms with Gasteiger partial charge in [-0.2, -0.15) is 4.31 Å². The molecule has 0 amide bonds. The van der Waals surface area contributed by atoms with Gasteiger partial charge in [0.2, 0.25) is 10.0 Å². The monoisotopic (exact) mass is 313 g/mol. The molecule has 116 valence electrons. The van der Waals surface area contributed by atoms with Crippen LogP contribution in [0.15, 0.2) is 23.1 Å². The van der Waals surface area contributed by atoms with Crippen molar-refractivity contribution in [1.82, 2.24) is 4.31 Å². The van der Waals surface area contributed by atoms with Gasteiger partial charge in [-0.15, -0.1) is 0 Å². The van der Waals surface area contributed by atoms with E-state index in [4.69, 9.17) is 0 Å². The van der Waals surface area contributed by atoms with Crippen molar-refractivity contribution in [2.45, 2.75) is 55.6 Å². The van der Waals surface area contributed by atoms with E-state index in [2.05, 4.69) is 0 Å². The number of aryl methyl sites for hydroxylation is 1. The summed E-state index contributed by atoms with van der Waals surface area (Å²) in [5.74, 6) is -0.534. The van der Waals surface area contributed by atoms with Crippen LogP contribution in [0.1, 0.15) is 37.7 Å². The van der Waals surface area contributed by atoms with Gasteiger partial charge in [0.1, 0.15) is 5.82 Å². The average molecular weight is 313 g/mol. The van der Waals surface area contributed by atoms with Crippen molar-refractivity contribution in [3.05, 3.63) is 29.6 Å². The second-order valence-electron chi connectivity index (χ2n) is 6.27. The lowest BCUT2D eigenvalue weighted by Gasteiger charge is -2.53. The predicted octanol–water partition coefficient (Wildman–Crippen LogP) is 2.20. The Morgan fingerprint density at radius 3 is 2.62 bits per heavy atom. The summed E-state index contributed by atoms with van der Waals surface area (Å²) in [6.45, 7) is 1.99. The molecule has 1 saturated carbocycles. The first kappa shape index (κ1) is 14.9. The minimum atomic E-state index is -3.72. The Kier molecular flexibility index (Phi) is 3.58. The van der Waals surface area contributed by atoms with Gasteiger partial charge >= 0.3 is 0 Å². The third-order valence-electron chi connectivity index (χ3n) is 4.70. The van der Waals surface area contributed by atoms with E-state index in [1.54, 1.807) is 6.92 Å². The van der Waals surface area contributed by atoms with E-state index in [0.29, 0.717) is 24.9 Å². The zero-order chi connectivity index (χ0) is 15.3. The van der Waals surface area contributed by atoms with E-state index < -0.39 is 27.5 Å². The second kappa shape index (κ2) is 5.04. The molecule has 1 aromatic carbocycles. The zero-order valence-electron chi connectivity index (χ0n) is 12.0. The van der Waals surface area contributed by atoms with Gasteiger partial charge in [0.25, 0.3) is 0 Å². The van der Waals surface area contributed by atoms with Crippen molar-refractivity contribution in [3.8, 4) is 0 Å². The molecule has 1 N–H and O–H groups in total. The van der Waals surface area contributed by atoms with Crippen LogP contribution < -0.4 is 0 Å². The summed E-state index contributed by atoms with van der Waals surface area (Å²) in [7, 11) is -3.72. The van der Waals surface area contributed by atoms with Gasteiger partial charge in [0.15, 0.2) is 0 Å². The van der Waals surface area contributed by atoms with Crippen molar-refractivity contribution >= 4 is 10.0 Å². The molecule has 6 heteroatoms. The summed E-state index contributed by atoms with van der Waals surface area (Å²) in [5, 5.41) is 9.87. The van der Waals surface area contributed by atoms with Crippen LogP contribution in [0.3, 0.4) is 0 Å². The number of nitrogens with zero attached hydrogens (tertiary/aromatic N) is 1. The van der Waals surface area contributed by atoms with E-state index in [1.807, 2.05) is 0 Å². The Morgan fingerprint density at radius 2 is 2.05 bits per heavy atom. The number of hydrogen-bond donors (Lipinski definition) is 1. The SMILES string of the molecule is Cc1cc(F)cc(S(=O)(=O)N2CCC(O)CC23CCC3)c1. The Morgan fingerprint density at radius 1 is 1.33 bits per heavy atom. The molecule has 2 fully saturated rings. The zero-order valence-corrected chi connectivity index (χ0v) is 12.9. The molecule has 1 atom stereocenters. The van der Waals surface area contributed by atoms with Crippen molar-refractivity contribution < 1.29 is 17.9 Å².